The molecule has 0 spiro atoms. The van der Waals surface area contributed by atoms with Gasteiger partial charge >= 0.3 is 0 Å². The molecule has 3 aliphatic rings. The lowest BCUT2D eigenvalue weighted by Gasteiger charge is -2.32. The molecular weight excluding hydrogens is 310 g/mol. The van der Waals surface area contributed by atoms with E-state index in [4.69, 9.17) is 14.7 Å². The molecule has 4 heterocycles. The maximum Gasteiger partial charge on any atom is 0.227 e. The second-order valence-corrected chi connectivity index (χ2v) is 7.45. The molecular formula is C16H25N5OS. The maximum absolute atomic E-state index is 5.48. The van der Waals surface area contributed by atoms with Gasteiger partial charge in [0.05, 0.1) is 18.9 Å². The van der Waals surface area contributed by atoms with Crippen LogP contribution in [0.1, 0.15) is 11.3 Å². The van der Waals surface area contributed by atoms with Crippen molar-refractivity contribution in [1.29, 1.82) is 0 Å². The topological polar surface area (TPSA) is 53.5 Å². The molecule has 0 amide bonds. The first-order valence-corrected chi connectivity index (χ1v) is 9.83. The van der Waals surface area contributed by atoms with Gasteiger partial charge in [-0.1, -0.05) is 0 Å². The number of thioether (sulfide) groups is 1. The molecule has 2 saturated heterocycles. The second kappa shape index (κ2) is 7.23. The van der Waals surface area contributed by atoms with E-state index in [0.717, 1.165) is 71.3 Å². The van der Waals surface area contributed by atoms with Crippen molar-refractivity contribution in [3.8, 4) is 0 Å². The number of morpholine rings is 1. The van der Waals surface area contributed by atoms with Crippen molar-refractivity contribution < 1.29 is 4.74 Å². The summed E-state index contributed by atoms with van der Waals surface area (Å²) in [7, 11) is 0. The number of anilines is 2. The predicted octanol–water partition coefficient (Wildman–Crippen LogP) is 0.555. The van der Waals surface area contributed by atoms with Gasteiger partial charge in [-0.2, -0.15) is 16.7 Å². The van der Waals surface area contributed by atoms with Crippen molar-refractivity contribution in [2.75, 3.05) is 73.8 Å². The maximum atomic E-state index is 5.48. The Hall–Kier alpha value is -1.05. The number of hydrogen-bond donors (Lipinski definition) is 1. The van der Waals surface area contributed by atoms with Gasteiger partial charge in [-0.05, 0) is 13.0 Å². The molecule has 0 aromatic carbocycles. The van der Waals surface area contributed by atoms with E-state index in [1.54, 1.807) is 0 Å². The molecule has 1 N–H and O–H groups in total. The average Bonchev–Trinajstić information content (AvgIpc) is 2.88. The number of nitrogens with one attached hydrogen (secondary N) is 1. The zero-order valence-electron chi connectivity index (χ0n) is 13.6. The van der Waals surface area contributed by atoms with Crippen LogP contribution in [-0.4, -0.2) is 74.0 Å². The molecule has 0 radical (unpaired) electrons. The average molecular weight is 335 g/mol. The molecule has 126 valence electrons. The Labute approximate surface area is 142 Å². The summed E-state index contributed by atoms with van der Waals surface area (Å²) in [6, 6.07) is 0. The van der Waals surface area contributed by atoms with Crippen LogP contribution in [0.4, 0.5) is 11.8 Å². The highest BCUT2D eigenvalue weighted by atomic mass is 32.2. The van der Waals surface area contributed by atoms with Crippen molar-refractivity contribution in [3.63, 3.8) is 0 Å². The van der Waals surface area contributed by atoms with Crippen LogP contribution in [0, 0.1) is 0 Å². The molecule has 2 fully saturated rings. The molecule has 4 rings (SSSR count). The summed E-state index contributed by atoms with van der Waals surface area (Å²) in [4.78, 5) is 14.7. The Kier molecular flexibility index (Phi) is 4.87. The van der Waals surface area contributed by atoms with E-state index in [-0.39, 0.29) is 0 Å². The fraction of sp³-hybridized carbons (Fsp3) is 0.750. The molecule has 6 nitrogen and oxygen atoms in total. The van der Waals surface area contributed by atoms with Crippen LogP contribution in [0.25, 0.3) is 0 Å². The SMILES string of the molecule is C1Cc2nc(N3CCOCC3)nc(N3CCSCC3)c2CCN1. The van der Waals surface area contributed by atoms with Crippen molar-refractivity contribution in [2.45, 2.75) is 12.8 Å². The van der Waals surface area contributed by atoms with Crippen molar-refractivity contribution in [3.05, 3.63) is 11.3 Å². The van der Waals surface area contributed by atoms with Crippen LogP contribution in [0.5, 0.6) is 0 Å². The van der Waals surface area contributed by atoms with Crippen LogP contribution in [0.3, 0.4) is 0 Å². The lowest BCUT2D eigenvalue weighted by molar-refractivity contribution is 0.122. The van der Waals surface area contributed by atoms with Gasteiger partial charge in [-0.25, -0.2) is 4.98 Å². The lowest BCUT2D eigenvalue weighted by Crippen LogP contribution is -2.39. The summed E-state index contributed by atoms with van der Waals surface area (Å²) in [5.74, 6) is 4.50. The molecule has 23 heavy (non-hydrogen) atoms. The van der Waals surface area contributed by atoms with Gasteiger partial charge in [-0.15, -0.1) is 0 Å². The highest BCUT2D eigenvalue weighted by Gasteiger charge is 2.24. The third-order valence-corrected chi connectivity index (χ3v) is 5.70. The number of nitrogens with zero attached hydrogens (tertiary/aromatic N) is 4. The normalized spacial score (nSPS) is 22.6. The minimum absolute atomic E-state index is 0.775. The minimum Gasteiger partial charge on any atom is -0.378 e. The van der Waals surface area contributed by atoms with Gasteiger partial charge in [0, 0.05) is 56.2 Å². The van der Waals surface area contributed by atoms with E-state index < -0.39 is 0 Å². The van der Waals surface area contributed by atoms with Crippen LogP contribution < -0.4 is 15.1 Å². The Morgan fingerprint density at radius 3 is 2.52 bits per heavy atom. The molecule has 0 saturated carbocycles. The number of rotatable bonds is 2. The smallest absolute Gasteiger partial charge is 0.227 e. The number of fused-ring (bicyclic) bond motifs is 1. The van der Waals surface area contributed by atoms with E-state index in [2.05, 4.69) is 15.1 Å². The third-order valence-electron chi connectivity index (χ3n) is 4.75. The van der Waals surface area contributed by atoms with E-state index in [1.165, 1.54) is 28.6 Å². The Morgan fingerprint density at radius 2 is 1.70 bits per heavy atom. The highest BCUT2D eigenvalue weighted by Crippen LogP contribution is 2.28. The molecule has 0 aliphatic carbocycles. The second-order valence-electron chi connectivity index (χ2n) is 6.22. The zero-order valence-corrected chi connectivity index (χ0v) is 14.4. The fourth-order valence-corrected chi connectivity index (χ4v) is 4.36. The zero-order chi connectivity index (χ0) is 15.5. The summed E-state index contributed by atoms with van der Waals surface area (Å²) in [6.07, 6.45) is 2.04. The van der Waals surface area contributed by atoms with Crippen molar-refractivity contribution in [2.24, 2.45) is 0 Å². The first-order chi connectivity index (χ1) is 11.4. The summed E-state index contributed by atoms with van der Waals surface area (Å²) in [6.45, 7) is 7.59. The van der Waals surface area contributed by atoms with Gasteiger partial charge in [0.2, 0.25) is 5.95 Å². The Balaban J connectivity index is 1.71. The van der Waals surface area contributed by atoms with Crippen LogP contribution in [-0.2, 0) is 17.6 Å². The molecule has 3 aliphatic heterocycles. The van der Waals surface area contributed by atoms with E-state index >= 15 is 0 Å². The molecule has 0 atom stereocenters. The van der Waals surface area contributed by atoms with Gasteiger partial charge in [0.1, 0.15) is 5.82 Å². The van der Waals surface area contributed by atoms with E-state index in [0.29, 0.717) is 0 Å². The first-order valence-electron chi connectivity index (χ1n) is 8.68. The summed E-state index contributed by atoms with van der Waals surface area (Å²) in [5, 5.41) is 3.50. The predicted molar refractivity (Wildman–Crippen MR) is 94.9 cm³/mol. The third kappa shape index (κ3) is 3.41. The van der Waals surface area contributed by atoms with Gasteiger partial charge < -0.3 is 19.9 Å². The largest absolute Gasteiger partial charge is 0.378 e. The monoisotopic (exact) mass is 335 g/mol. The minimum atomic E-state index is 0.775. The molecule has 0 bridgehead atoms. The number of ether oxygens (including phenoxy) is 1. The lowest BCUT2D eigenvalue weighted by atomic mass is 10.1. The van der Waals surface area contributed by atoms with Crippen molar-refractivity contribution in [1.82, 2.24) is 15.3 Å². The van der Waals surface area contributed by atoms with Gasteiger partial charge in [-0.3, -0.25) is 0 Å². The van der Waals surface area contributed by atoms with Crippen LogP contribution in [0.2, 0.25) is 0 Å². The van der Waals surface area contributed by atoms with E-state index in [1.807, 2.05) is 11.8 Å². The highest BCUT2D eigenvalue weighted by molar-refractivity contribution is 7.99. The quantitative estimate of drug-likeness (QED) is 0.847. The Morgan fingerprint density at radius 1 is 0.913 bits per heavy atom. The van der Waals surface area contributed by atoms with Crippen molar-refractivity contribution >= 4 is 23.5 Å². The molecule has 1 aromatic rings. The number of hydrogen-bond acceptors (Lipinski definition) is 7. The fourth-order valence-electron chi connectivity index (χ4n) is 3.45. The number of aromatic nitrogens is 2. The summed E-state index contributed by atoms with van der Waals surface area (Å²) < 4.78 is 5.48. The summed E-state index contributed by atoms with van der Waals surface area (Å²) >= 11 is 2.04. The standard InChI is InChI=1S/C16H25N5OS/c1-3-17-4-2-14-13(1)15(20-7-11-23-12-8-20)19-16(18-14)21-5-9-22-10-6-21/h17H,1-12H2. The Bertz CT molecular complexity index is 544. The molecule has 7 heteroatoms. The van der Waals surface area contributed by atoms with Gasteiger partial charge in [0.15, 0.2) is 0 Å². The molecule has 0 unspecified atom stereocenters. The summed E-state index contributed by atoms with van der Waals surface area (Å²) in [5.41, 5.74) is 2.62. The van der Waals surface area contributed by atoms with Gasteiger partial charge in [0.25, 0.3) is 0 Å². The van der Waals surface area contributed by atoms with Crippen LogP contribution >= 0.6 is 11.8 Å². The first kappa shape index (κ1) is 15.5. The molecule has 1 aromatic heterocycles. The van der Waals surface area contributed by atoms with E-state index in [9.17, 15) is 0 Å². The van der Waals surface area contributed by atoms with Crippen LogP contribution in [0.15, 0.2) is 0 Å².